The zero-order valence-electron chi connectivity index (χ0n) is 17.6. The Hall–Kier alpha value is -3.89. The lowest BCUT2D eigenvalue weighted by atomic mass is 10.2. The minimum Gasteiger partial charge on any atom is -0.489 e. The number of aromatic nitrogens is 2. The van der Waals surface area contributed by atoms with Gasteiger partial charge in [0.2, 0.25) is 5.13 Å². The number of hydrazone groups is 1. The second-order valence-corrected chi connectivity index (χ2v) is 8.72. The number of carbonyl (C=O) groups excluding carboxylic acids is 2. The van der Waals surface area contributed by atoms with Gasteiger partial charge in [0.05, 0.1) is 6.21 Å². The molecule has 0 radical (unpaired) electrons. The second-order valence-electron chi connectivity index (χ2n) is 6.89. The molecule has 3 aromatic carbocycles. The van der Waals surface area contributed by atoms with Gasteiger partial charge in [-0.1, -0.05) is 87.9 Å². The van der Waals surface area contributed by atoms with E-state index in [-0.39, 0.29) is 5.13 Å². The van der Waals surface area contributed by atoms with Gasteiger partial charge in [-0.3, -0.25) is 14.9 Å². The van der Waals surface area contributed by atoms with Gasteiger partial charge in [0.15, 0.2) is 0 Å². The van der Waals surface area contributed by atoms with Crippen LogP contribution in [0.15, 0.2) is 88.4 Å². The number of ether oxygens (including phenoxy) is 1. The molecule has 4 rings (SSSR count). The fourth-order valence-electron chi connectivity index (χ4n) is 2.79. The molecular formula is C24H18BrN5O3S. The quantitative estimate of drug-likeness (QED) is 0.204. The highest BCUT2D eigenvalue weighted by Gasteiger charge is 2.16. The van der Waals surface area contributed by atoms with E-state index in [1.165, 1.54) is 17.6 Å². The minimum absolute atomic E-state index is 0.217. The van der Waals surface area contributed by atoms with Crippen LogP contribution in [0.1, 0.15) is 11.1 Å². The molecule has 0 aliphatic heterocycles. The molecule has 0 saturated carbocycles. The Labute approximate surface area is 207 Å². The van der Waals surface area contributed by atoms with Gasteiger partial charge in [-0.25, -0.2) is 5.43 Å². The van der Waals surface area contributed by atoms with Crippen molar-refractivity contribution in [3.8, 4) is 16.3 Å². The third kappa shape index (κ3) is 6.33. The van der Waals surface area contributed by atoms with Gasteiger partial charge in [-0.05, 0) is 23.8 Å². The predicted octanol–water partition coefficient (Wildman–Crippen LogP) is 4.64. The highest BCUT2D eigenvalue weighted by atomic mass is 79.9. The number of hydrogen-bond donors (Lipinski definition) is 2. The number of carbonyl (C=O) groups is 2. The largest absolute Gasteiger partial charge is 0.489 e. The van der Waals surface area contributed by atoms with Crippen LogP contribution >= 0.6 is 27.3 Å². The summed E-state index contributed by atoms with van der Waals surface area (Å²) in [6.07, 6.45) is 1.42. The maximum atomic E-state index is 12.2. The summed E-state index contributed by atoms with van der Waals surface area (Å²) in [7, 11) is 0. The Morgan fingerprint density at radius 1 is 0.971 bits per heavy atom. The Kier molecular flexibility index (Phi) is 7.74. The van der Waals surface area contributed by atoms with Crippen LogP contribution in [-0.4, -0.2) is 28.2 Å². The SMILES string of the molecule is O=C(NN=Cc1cc(OCc2ccccc2)ccc1Br)C(=O)Nc1nnc(-c2ccccc2)s1. The molecule has 0 atom stereocenters. The second kappa shape index (κ2) is 11.3. The van der Waals surface area contributed by atoms with E-state index in [0.717, 1.165) is 15.6 Å². The number of rotatable bonds is 7. The normalized spacial score (nSPS) is 10.7. The molecule has 34 heavy (non-hydrogen) atoms. The monoisotopic (exact) mass is 535 g/mol. The summed E-state index contributed by atoms with van der Waals surface area (Å²) in [6, 6.07) is 24.6. The van der Waals surface area contributed by atoms with Crippen molar-refractivity contribution in [3.63, 3.8) is 0 Å². The fraction of sp³-hybridized carbons (Fsp3) is 0.0417. The number of nitrogens with zero attached hydrogens (tertiary/aromatic N) is 3. The van der Waals surface area contributed by atoms with Crippen molar-refractivity contribution in [2.24, 2.45) is 5.10 Å². The molecule has 1 aromatic heterocycles. The Bertz CT molecular complexity index is 1310. The van der Waals surface area contributed by atoms with Crippen molar-refractivity contribution in [2.75, 3.05) is 5.32 Å². The fourth-order valence-corrected chi connectivity index (χ4v) is 3.88. The zero-order valence-corrected chi connectivity index (χ0v) is 20.0. The van der Waals surface area contributed by atoms with Crippen molar-refractivity contribution in [3.05, 3.63) is 94.5 Å². The molecular weight excluding hydrogens is 518 g/mol. The highest BCUT2D eigenvalue weighted by molar-refractivity contribution is 9.10. The van der Waals surface area contributed by atoms with Gasteiger partial charge in [-0.15, -0.1) is 10.2 Å². The van der Waals surface area contributed by atoms with E-state index in [4.69, 9.17) is 4.74 Å². The number of anilines is 1. The molecule has 0 bridgehead atoms. The average Bonchev–Trinajstić information content (AvgIpc) is 3.34. The molecule has 4 aromatic rings. The van der Waals surface area contributed by atoms with Gasteiger partial charge in [-0.2, -0.15) is 5.10 Å². The lowest BCUT2D eigenvalue weighted by Gasteiger charge is -2.08. The molecule has 0 spiro atoms. The lowest BCUT2D eigenvalue weighted by Crippen LogP contribution is -2.32. The molecule has 10 heteroatoms. The first-order valence-electron chi connectivity index (χ1n) is 10.1. The van der Waals surface area contributed by atoms with Gasteiger partial charge >= 0.3 is 11.8 Å². The van der Waals surface area contributed by atoms with Gasteiger partial charge < -0.3 is 4.74 Å². The summed E-state index contributed by atoms with van der Waals surface area (Å²) < 4.78 is 6.56. The van der Waals surface area contributed by atoms with Crippen LogP contribution in [-0.2, 0) is 16.2 Å². The number of benzene rings is 3. The van der Waals surface area contributed by atoms with Crippen molar-refractivity contribution < 1.29 is 14.3 Å². The van der Waals surface area contributed by atoms with Crippen LogP contribution in [0, 0.1) is 0 Å². The first-order chi connectivity index (χ1) is 16.6. The Balaban J connectivity index is 1.31. The number of amides is 2. The van der Waals surface area contributed by atoms with Crippen molar-refractivity contribution in [1.29, 1.82) is 0 Å². The van der Waals surface area contributed by atoms with E-state index in [9.17, 15) is 9.59 Å². The summed E-state index contributed by atoms with van der Waals surface area (Å²) in [5.74, 6) is -1.18. The maximum absolute atomic E-state index is 12.2. The topological polar surface area (TPSA) is 106 Å². The molecule has 2 amide bonds. The number of hydrogen-bond acceptors (Lipinski definition) is 7. The molecule has 1 heterocycles. The number of halogens is 1. The molecule has 0 fully saturated rings. The van der Waals surface area contributed by atoms with Gasteiger partial charge in [0, 0.05) is 15.6 Å². The minimum atomic E-state index is -0.930. The van der Waals surface area contributed by atoms with Crippen LogP contribution in [0.5, 0.6) is 5.75 Å². The van der Waals surface area contributed by atoms with Crippen molar-refractivity contribution in [1.82, 2.24) is 15.6 Å². The molecule has 2 N–H and O–H groups in total. The van der Waals surface area contributed by atoms with E-state index in [1.807, 2.05) is 72.8 Å². The first-order valence-corrected chi connectivity index (χ1v) is 11.7. The summed E-state index contributed by atoms with van der Waals surface area (Å²) >= 11 is 4.60. The van der Waals surface area contributed by atoms with Crippen LogP contribution in [0.4, 0.5) is 5.13 Å². The highest BCUT2D eigenvalue weighted by Crippen LogP contribution is 2.26. The third-order valence-electron chi connectivity index (χ3n) is 4.46. The van der Waals surface area contributed by atoms with E-state index >= 15 is 0 Å². The molecule has 0 saturated heterocycles. The van der Waals surface area contributed by atoms with E-state index in [1.54, 1.807) is 6.07 Å². The van der Waals surface area contributed by atoms with Crippen LogP contribution in [0.25, 0.3) is 10.6 Å². The van der Waals surface area contributed by atoms with E-state index in [0.29, 0.717) is 22.9 Å². The van der Waals surface area contributed by atoms with Crippen molar-refractivity contribution >= 4 is 50.4 Å². The van der Waals surface area contributed by atoms with Crippen LogP contribution in [0.3, 0.4) is 0 Å². The average molecular weight is 536 g/mol. The third-order valence-corrected chi connectivity index (χ3v) is 6.07. The Morgan fingerprint density at radius 3 is 2.47 bits per heavy atom. The smallest absolute Gasteiger partial charge is 0.329 e. The zero-order chi connectivity index (χ0) is 23.8. The van der Waals surface area contributed by atoms with Crippen molar-refractivity contribution in [2.45, 2.75) is 6.61 Å². The summed E-state index contributed by atoms with van der Waals surface area (Å²) in [5, 5.41) is 15.1. The van der Waals surface area contributed by atoms with Crippen LogP contribution < -0.4 is 15.5 Å². The summed E-state index contributed by atoms with van der Waals surface area (Å²) in [6.45, 7) is 0.424. The molecule has 0 aliphatic rings. The predicted molar refractivity (Wildman–Crippen MR) is 135 cm³/mol. The Morgan fingerprint density at radius 2 is 1.71 bits per heavy atom. The van der Waals surface area contributed by atoms with Gasteiger partial charge in [0.25, 0.3) is 0 Å². The summed E-state index contributed by atoms with van der Waals surface area (Å²) in [5.41, 5.74) is 4.79. The van der Waals surface area contributed by atoms with Crippen LogP contribution in [0.2, 0.25) is 0 Å². The number of nitrogens with one attached hydrogen (secondary N) is 2. The summed E-state index contributed by atoms with van der Waals surface area (Å²) in [4.78, 5) is 24.3. The molecule has 8 nitrogen and oxygen atoms in total. The van der Waals surface area contributed by atoms with Gasteiger partial charge in [0.1, 0.15) is 17.4 Å². The van der Waals surface area contributed by atoms with E-state index < -0.39 is 11.8 Å². The van der Waals surface area contributed by atoms with E-state index in [2.05, 4.69) is 42.0 Å². The first kappa shape index (κ1) is 23.3. The standard InChI is InChI=1S/C24H18BrN5O3S/c25-20-12-11-19(33-15-16-7-3-1-4-8-16)13-18(20)14-26-28-22(32)21(31)27-24-30-29-23(34-24)17-9-5-2-6-10-17/h1-14H,15H2,(H,28,32)(H,27,30,31). The molecule has 170 valence electrons. The molecule has 0 aliphatic carbocycles. The maximum Gasteiger partial charge on any atom is 0.329 e. The molecule has 0 unspecified atom stereocenters. The lowest BCUT2D eigenvalue weighted by molar-refractivity contribution is -0.136.